The number of hydrogen-bond acceptors (Lipinski definition) is 4. The summed E-state index contributed by atoms with van der Waals surface area (Å²) in [5.74, 6) is -0.261. The highest BCUT2D eigenvalue weighted by molar-refractivity contribution is 5.70. The summed E-state index contributed by atoms with van der Waals surface area (Å²) >= 11 is 0. The summed E-state index contributed by atoms with van der Waals surface area (Å²) in [7, 11) is 0. The Hall–Kier alpha value is -1.06. The van der Waals surface area contributed by atoms with E-state index >= 15 is 0 Å². The van der Waals surface area contributed by atoms with Crippen molar-refractivity contribution in [1.82, 2.24) is 0 Å². The highest BCUT2D eigenvalue weighted by Gasteiger charge is 2.31. The van der Waals surface area contributed by atoms with Gasteiger partial charge in [-0.2, -0.15) is 0 Å². The van der Waals surface area contributed by atoms with Gasteiger partial charge in [-0.05, 0) is 38.5 Å². The maximum absolute atomic E-state index is 12.1. The van der Waals surface area contributed by atoms with Crippen LogP contribution in [0.5, 0.6) is 0 Å². The lowest BCUT2D eigenvalue weighted by Gasteiger charge is -2.30. The number of unbranched alkanes of at least 4 members (excludes halogenated alkanes) is 8. The average molecular weight is 369 g/mol. The molecule has 152 valence electrons. The van der Waals surface area contributed by atoms with Crippen LogP contribution in [-0.4, -0.2) is 24.1 Å². The molecule has 4 heteroatoms. The Kier molecular flexibility index (Phi) is 13.3. The van der Waals surface area contributed by atoms with Crippen LogP contribution in [0.2, 0.25) is 0 Å². The van der Waals surface area contributed by atoms with Crippen molar-refractivity contribution in [3.63, 3.8) is 0 Å². The minimum absolute atomic E-state index is 0.131. The molecule has 0 unspecified atom stereocenters. The van der Waals surface area contributed by atoms with E-state index in [0.29, 0.717) is 12.8 Å². The third-order valence-electron chi connectivity index (χ3n) is 5.18. The normalized spacial score (nSPS) is 19.9. The van der Waals surface area contributed by atoms with Gasteiger partial charge in [0.05, 0.1) is 0 Å². The first-order valence-electron chi connectivity index (χ1n) is 11.1. The van der Waals surface area contributed by atoms with Crippen LogP contribution in [-0.2, 0) is 19.1 Å². The van der Waals surface area contributed by atoms with Crippen molar-refractivity contribution in [2.45, 2.75) is 129 Å². The molecule has 1 rings (SSSR count). The van der Waals surface area contributed by atoms with E-state index in [0.717, 1.165) is 51.4 Å². The molecular formula is C22H40O4. The van der Waals surface area contributed by atoms with Gasteiger partial charge in [0, 0.05) is 12.8 Å². The van der Waals surface area contributed by atoms with Crippen molar-refractivity contribution in [2.24, 2.45) is 0 Å². The number of esters is 2. The maximum Gasteiger partial charge on any atom is 0.306 e. The zero-order valence-electron chi connectivity index (χ0n) is 17.1. The van der Waals surface area contributed by atoms with Crippen molar-refractivity contribution in [3.05, 3.63) is 0 Å². The monoisotopic (exact) mass is 368 g/mol. The Bertz CT molecular complexity index is 344. The third-order valence-corrected chi connectivity index (χ3v) is 5.18. The van der Waals surface area contributed by atoms with Crippen molar-refractivity contribution in [2.75, 3.05) is 0 Å². The molecule has 1 aliphatic rings. The summed E-state index contributed by atoms with van der Waals surface area (Å²) in [5, 5.41) is 0. The van der Waals surface area contributed by atoms with E-state index in [1.807, 2.05) is 0 Å². The number of rotatable bonds is 14. The van der Waals surface area contributed by atoms with Crippen LogP contribution in [0.4, 0.5) is 0 Å². The first-order valence-corrected chi connectivity index (χ1v) is 11.1. The third kappa shape index (κ3) is 10.8. The molecule has 26 heavy (non-hydrogen) atoms. The molecule has 0 aliphatic heterocycles. The Labute approximate surface area is 160 Å². The summed E-state index contributed by atoms with van der Waals surface area (Å²) in [5.41, 5.74) is 0. The summed E-state index contributed by atoms with van der Waals surface area (Å²) in [6.07, 6.45) is 15.4. The number of ether oxygens (including phenoxy) is 2. The fraction of sp³-hybridized carbons (Fsp3) is 0.909. The molecule has 1 fully saturated rings. The first kappa shape index (κ1) is 23.0. The second kappa shape index (κ2) is 15.0. The lowest BCUT2D eigenvalue weighted by Crippen LogP contribution is -2.37. The van der Waals surface area contributed by atoms with Crippen LogP contribution >= 0.6 is 0 Å². The molecule has 0 bridgehead atoms. The van der Waals surface area contributed by atoms with Crippen molar-refractivity contribution < 1.29 is 19.1 Å². The van der Waals surface area contributed by atoms with E-state index in [1.54, 1.807) is 0 Å². The van der Waals surface area contributed by atoms with Gasteiger partial charge in [-0.25, -0.2) is 0 Å². The highest BCUT2D eigenvalue weighted by atomic mass is 16.6. The number of hydrogen-bond donors (Lipinski definition) is 0. The van der Waals surface area contributed by atoms with Gasteiger partial charge in [-0.3, -0.25) is 9.59 Å². The Morgan fingerprint density at radius 1 is 0.654 bits per heavy atom. The van der Waals surface area contributed by atoms with Crippen molar-refractivity contribution in [1.29, 1.82) is 0 Å². The predicted octanol–water partition coefficient (Wildman–Crippen LogP) is 6.11. The quantitative estimate of drug-likeness (QED) is 0.274. The van der Waals surface area contributed by atoms with Crippen LogP contribution in [0.15, 0.2) is 0 Å². The van der Waals surface area contributed by atoms with Crippen molar-refractivity contribution >= 4 is 11.9 Å². The summed E-state index contributed by atoms with van der Waals surface area (Å²) in [6, 6.07) is 0. The molecule has 0 aromatic carbocycles. The van der Waals surface area contributed by atoms with Crippen molar-refractivity contribution in [3.8, 4) is 0 Å². The molecule has 0 amide bonds. The summed E-state index contributed by atoms with van der Waals surface area (Å²) in [6.45, 7) is 4.37. The smallest absolute Gasteiger partial charge is 0.306 e. The van der Waals surface area contributed by atoms with Gasteiger partial charge < -0.3 is 9.47 Å². The van der Waals surface area contributed by atoms with Gasteiger partial charge in [0.2, 0.25) is 0 Å². The maximum atomic E-state index is 12.1. The number of carbonyl (C=O) groups is 2. The van der Waals surface area contributed by atoms with E-state index in [1.165, 1.54) is 38.5 Å². The van der Waals surface area contributed by atoms with Gasteiger partial charge >= 0.3 is 11.9 Å². The summed E-state index contributed by atoms with van der Waals surface area (Å²) < 4.78 is 11.3. The Morgan fingerprint density at radius 3 is 1.42 bits per heavy atom. The Morgan fingerprint density at radius 2 is 1.04 bits per heavy atom. The zero-order valence-corrected chi connectivity index (χ0v) is 17.1. The van der Waals surface area contributed by atoms with Crippen LogP contribution in [0.3, 0.4) is 0 Å². The molecule has 0 aromatic rings. The minimum Gasteiger partial charge on any atom is -0.458 e. The van der Waals surface area contributed by atoms with Crippen LogP contribution in [0, 0.1) is 0 Å². The molecular weight excluding hydrogens is 328 g/mol. The van der Waals surface area contributed by atoms with Gasteiger partial charge in [0.25, 0.3) is 0 Å². The molecule has 0 saturated heterocycles. The van der Waals surface area contributed by atoms with Crippen LogP contribution < -0.4 is 0 Å². The largest absolute Gasteiger partial charge is 0.458 e. The highest BCUT2D eigenvalue weighted by Crippen LogP contribution is 2.25. The molecule has 0 radical (unpaired) electrons. The fourth-order valence-electron chi connectivity index (χ4n) is 3.53. The van der Waals surface area contributed by atoms with Crippen LogP contribution in [0.1, 0.15) is 117 Å². The number of carbonyl (C=O) groups excluding carboxylic acids is 2. The van der Waals surface area contributed by atoms with E-state index in [9.17, 15) is 9.59 Å². The molecule has 1 saturated carbocycles. The van der Waals surface area contributed by atoms with Gasteiger partial charge in [-0.1, -0.05) is 65.2 Å². The lowest BCUT2D eigenvalue weighted by molar-refractivity contribution is -0.171. The van der Waals surface area contributed by atoms with Crippen LogP contribution in [0.25, 0.3) is 0 Å². The standard InChI is InChI=1S/C22H40O4/c1-3-5-7-9-11-17-21(23)25-19-15-13-14-16-20(19)26-22(24)18-12-10-8-6-4-2/h19-20H,3-18H2,1-2H3/t19-,20-/m1/s1. The SMILES string of the molecule is CCCCCCCC(=O)O[C@@H]1CCCC[C@H]1OC(=O)CCCCCCC. The predicted molar refractivity (Wildman–Crippen MR) is 105 cm³/mol. The molecule has 1 aliphatic carbocycles. The minimum atomic E-state index is -0.240. The van der Waals surface area contributed by atoms with E-state index in [4.69, 9.17) is 9.47 Å². The fourth-order valence-corrected chi connectivity index (χ4v) is 3.53. The van der Waals surface area contributed by atoms with E-state index in [-0.39, 0.29) is 24.1 Å². The molecule has 0 heterocycles. The van der Waals surface area contributed by atoms with E-state index in [2.05, 4.69) is 13.8 Å². The zero-order chi connectivity index (χ0) is 19.0. The average Bonchev–Trinajstić information content (AvgIpc) is 2.63. The van der Waals surface area contributed by atoms with Gasteiger partial charge in [-0.15, -0.1) is 0 Å². The molecule has 0 N–H and O–H groups in total. The second-order valence-corrected chi connectivity index (χ2v) is 7.67. The molecule has 4 nitrogen and oxygen atoms in total. The van der Waals surface area contributed by atoms with Gasteiger partial charge in [0.1, 0.15) is 12.2 Å². The molecule has 0 aromatic heterocycles. The van der Waals surface area contributed by atoms with E-state index < -0.39 is 0 Å². The van der Waals surface area contributed by atoms with Gasteiger partial charge in [0.15, 0.2) is 0 Å². The Balaban J connectivity index is 2.25. The molecule has 0 spiro atoms. The second-order valence-electron chi connectivity index (χ2n) is 7.67. The molecule has 2 atom stereocenters. The first-order chi connectivity index (χ1) is 12.7. The summed E-state index contributed by atoms with van der Waals surface area (Å²) in [4.78, 5) is 24.2. The topological polar surface area (TPSA) is 52.6 Å². The lowest BCUT2D eigenvalue weighted by atomic mass is 9.94.